The fourth-order valence-corrected chi connectivity index (χ4v) is 4.44. The number of unbranched alkanes of at least 4 members (excludes halogenated alkanes) is 12. The van der Waals surface area contributed by atoms with Crippen molar-refractivity contribution in [1.82, 2.24) is 0 Å². The van der Waals surface area contributed by atoms with E-state index in [-0.39, 0.29) is 26.1 Å². The molecule has 0 rings (SSSR count). The minimum absolute atomic E-state index is 0.0278. The van der Waals surface area contributed by atoms with Gasteiger partial charge >= 0.3 is 11.9 Å². The number of esters is 2. The molecule has 226 valence electrons. The Balaban J connectivity index is 4.43. The van der Waals surface area contributed by atoms with E-state index >= 15 is 0 Å². The molecule has 0 saturated carbocycles. The lowest BCUT2D eigenvalue weighted by molar-refractivity contribution is -0.870. The zero-order chi connectivity index (χ0) is 28.7. The van der Waals surface area contributed by atoms with E-state index in [0.717, 1.165) is 25.7 Å². The third-order valence-corrected chi connectivity index (χ3v) is 7.09. The maximum absolute atomic E-state index is 12.4. The summed E-state index contributed by atoms with van der Waals surface area (Å²) in [6.45, 7) is 3.99. The molecule has 9 nitrogen and oxygen atoms in total. The molecule has 0 aromatic heterocycles. The number of hydrogen-bond donors (Lipinski definition) is 0. The number of carbonyl (C=O) groups excluding carboxylic acids is 2. The van der Waals surface area contributed by atoms with Gasteiger partial charge in [-0.25, -0.2) is 0 Å². The second kappa shape index (κ2) is 22.8. The van der Waals surface area contributed by atoms with Gasteiger partial charge in [0.2, 0.25) is 0 Å². The molecule has 0 N–H and O–H groups in total. The van der Waals surface area contributed by atoms with Gasteiger partial charge in [-0.05, 0) is 12.8 Å². The quantitative estimate of drug-likeness (QED) is 0.0549. The summed E-state index contributed by atoms with van der Waals surface area (Å²) in [5.41, 5.74) is 0. The Bertz CT molecular complexity index is 653. The Labute approximate surface area is 232 Å². The van der Waals surface area contributed by atoms with Crippen LogP contribution in [0.2, 0.25) is 0 Å². The highest BCUT2D eigenvalue weighted by molar-refractivity contribution is 7.45. The molecule has 0 bridgehead atoms. The van der Waals surface area contributed by atoms with Crippen molar-refractivity contribution >= 4 is 19.8 Å². The average molecular weight is 566 g/mol. The summed E-state index contributed by atoms with van der Waals surface area (Å²) >= 11 is 0. The van der Waals surface area contributed by atoms with Gasteiger partial charge in [0.05, 0.1) is 27.7 Å². The second-order valence-electron chi connectivity index (χ2n) is 11.1. The molecule has 0 fully saturated rings. The third kappa shape index (κ3) is 25.3. The topological polar surface area (TPSA) is 111 Å². The number of ether oxygens (including phenoxy) is 2. The van der Waals surface area contributed by atoms with Crippen LogP contribution >= 0.6 is 7.82 Å². The van der Waals surface area contributed by atoms with Crippen LogP contribution in [0.15, 0.2) is 0 Å². The zero-order valence-electron chi connectivity index (χ0n) is 24.9. The maximum atomic E-state index is 12.4. The van der Waals surface area contributed by atoms with Gasteiger partial charge in [-0.2, -0.15) is 0 Å². The van der Waals surface area contributed by atoms with E-state index in [1.54, 1.807) is 0 Å². The van der Waals surface area contributed by atoms with Gasteiger partial charge in [-0.15, -0.1) is 0 Å². The number of nitrogens with zero attached hydrogens (tertiary/aromatic N) is 1. The van der Waals surface area contributed by atoms with E-state index in [9.17, 15) is 19.0 Å². The van der Waals surface area contributed by atoms with Crippen LogP contribution in [0, 0.1) is 0 Å². The van der Waals surface area contributed by atoms with E-state index in [0.29, 0.717) is 23.9 Å². The third-order valence-electron chi connectivity index (χ3n) is 6.13. The molecular formula is C28H56NO8P. The van der Waals surface area contributed by atoms with Crippen LogP contribution in [-0.4, -0.2) is 70.0 Å². The molecule has 0 aromatic rings. The van der Waals surface area contributed by atoms with Gasteiger partial charge < -0.3 is 27.9 Å². The number of quaternary nitrogens is 1. The first-order chi connectivity index (χ1) is 18.0. The molecular weight excluding hydrogens is 509 g/mol. The van der Waals surface area contributed by atoms with Crippen LogP contribution in [0.1, 0.15) is 117 Å². The maximum Gasteiger partial charge on any atom is 0.306 e. The van der Waals surface area contributed by atoms with Crippen molar-refractivity contribution in [3.05, 3.63) is 0 Å². The van der Waals surface area contributed by atoms with Crippen molar-refractivity contribution in [3.8, 4) is 0 Å². The second-order valence-corrected chi connectivity index (χ2v) is 12.5. The Morgan fingerprint density at radius 2 is 1.18 bits per heavy atom. The molecule has 0 aliphatic heterocycles. The van der Waals surface area contributed by atoms with Gasteiger partial charge in [0.25, 0.3) is 7.82 Å². The summed E-state index contributed by atoms with van der Waals surface area (Å²) in [6.07, 6.45) is 15.0. The number of phosphoric ester groups is 1. The molecule has 2 atom stereocenters. The molecule has 0 heterocycles. The molecule has 0 aliphatic carbocycles. The molecule has 0 amide bonds. The van der Waals surface area contributed by atoms with E-state index in [2.05, 4.69) is 6.92 Å². The Morgan fingerprint density at radius 3 is 1.74 bits per heavy atom. The van der Waals surface area contributed by atoms with Crippen molar-refractivity contribution in [1.29, 1.82) is 0 Å². The van der Waals surface area contributed by atoms with Crippen LogP contribution in [0.5, 0.6) is 0 Å². The highest BCUT2D eigenvalue weighted by atomic mass is 31.2. The Kier molecular flexibility index (Phi) is 22.2. The lowest BCUT2D eigenvalue weighted by atomic mass is 10.1. The fourth-order valence-electron chi connectivity index (χ4n) is 3.71. The highest BCUT2D eigenvalue weighted by Crippen LogP contribution is 2.38. The minimum Gasteiger partial charge on any atom is -0.756 e. The standard InChI is InChI=1S/C28H56NO8P/c1-6-8-10-11-12-13-14-15-16-17-19-21-28(31)37-26(24-34-27(30)20-18-9-7-2)25-36-38(32,33)35-23-22-29(3,4)5/h26H,6-25H2,1-5H3. The number of likely N-dealkylation sites (N-methyl/N-ethyl adjacent to an activating group) is 1. The van der Waals surface area contributed by atoms with Crippen LogP contribution < -0.4 is 4.89 Å². The predicted molar refractivity (Wildman–Crippen MR) is 148 cm³/mol. The molecule has 10 heteroatoms. The highest BCUT2D eigenvalue weighted by Gasteiger charge is 2.21. The van der Waals surface area contributed by atoms with Crippen LogP contribution in [-0.2, 0) is 32.7 Å². The molecule has 2 unspecified atom stereocenters. The van der Waals surface area contributed by atoms with Gasteiger partial charge in [0.1, 0.15) is 19.8 Å². The zero-order valence-corrected chi connectivity index (χ0v) is 25.8. The monoisotopic (exact) mass is 565 g/mol. The summed E-state index contributed by atoms with van der Waals surface area (Å²) < 4.78 is 33.2. The number of phosphoric acid groups is 1. The number of carbonyl (C=O) groups is 2. The van der Waals surface area contributed by atoms with Crippen molar-refractivity contribution in [3.63, 3.8) is 0 Å². The van der Waals surface area contributed by atoms with Crippen molar-refractivity contribution < 1.29 is 42.1 Å². The smallest absolute Gasteiger partial charge is 0.306 e. The minimum atomic E-state index is -4.58. The lowest BCUT2D eigenvalue weighted by Crippen LogP contribution is -2.37. The largest absolute Gasteiger partial charge is 0.756 e. The van der Waals surface area contributed by atoms with Crippen molar-refractivity contribution in [2.75, 3.05) is 47.5 Å². The fraction of sp³-hybridized carbons (Fsp3) is 0.929. The Hall–Kier alpha value is -0.990. The van der Waals surface area contributed by atoms with E-state index in [1.165, 1.54) is 51.4 Å². The van der Waals surface area contributed by atoms with E-state index in [1.807, 2.05) is 28.1 Å². The summed E-state index contributed by atoms with van der Waals surface area (Å²) in [4.78, 5) is 36.5. The Morgan fingerprint density at radius 1 is 0.711 bits per heavy atom. The van der Waals surface area contributed by atoms with E-state index in [4.69, 9.17) is 18.5 Å². The summed E-state index contributed by atoms with van der Waals surface area (Å²) in [5, 5.41) is 0. The molecule has 0 aromatic carbocycles. The average Bonchev–Trinajstić information content (AvgIpc) is 2.83. The normalized spacial score (nSPS) is 14.2. The van der Waals surface area contributed by atoms with Gasteiger partial charge in [-0.3, -0.25) is 14.2 Å². The molecule has 0 radical (unpaired) electrons. The summed E-state index contributed by atoms with van der Waals surface area (Å²) in [5.74, 6) is -0.863. The predicted octanol–water partition coefficient (Wildman–Crippen LogP) is 5.93. The van der Waals surface area contributed by atoms with Crippen molar-refractivity contribution in [2.45, 2.75) is 123 Å². The van der Waals surface area contributed by atoms with Crippen LogP contribution in [0.3, 0.4) is 0 Å². The molecule has 0 saturated heterocycles. The van der Waals surface area contributed by atoms with Gasteiger partial charge in [-0.1, -0.05) is 90.9 Å². The van der Waals surface area contributed by atoms with E-state index < -0.39 is 32.5 Å². The van der Waals surface area contributed by atoms with Crippen LogP contribution in [0.4, 0.5) is 0 Å². The first kappa shape index (κ1) is 37.0. The molecule has 0 aliphatic rings. The first-order valence-corrected chi connectivity index (χ1v) is 16.2. The first-order valence-electron chi connectivity index (χ1n) is 14.7. The summed E-state index contributed by atoms with van der Waals surface area (Å²) in [6, 6.07) is 0. The number of hydrogen-bond acceptors (Lipinski definition) is 8. The van der Waals surface area contributed by atoms with Gasteiger partial charge in [0, 0.05) is 12.8 Å². The SMILES string of the molecule is CCCCCCCCCCCCCC(=O)OC(COC(=O)CCCCC)COP(=O)([O-])OCC[N+](C)(C)C. The molecule has 0 spiro atoms. The van der Waals surface area contributed by atoms with Crippen molar-refractivity contribution in [2.24, 2.45) is 0 Å². The number of rotatable bonds is 26. The summed E-state index contributed by atoms with van der Waals surface area (Å²) in [7, 11) is 1.16. The molecule has 38 heavy (non-hydrogen) atoms. The van der Waals surface area contributed by atoms with Crippen LogP contribution in [0.25, 0.3) is 0 Å². The van der Waals surface area contributed by atoms with Gasteiger partial charge in [0.15, 0.2) is 6.10 Å². The lowest BCUT2D eigenvalue weighted by Gasteiger charge is -2.28.